The largest absolute Gasteiger partial charge is 0.416 e. The van der Waals surface area contributed by atoms with Crippen molar-refractivity contribution in [3.8, 4) is 0 Å². The summed E-state index contributed by atoms with van der Waals surface area (Å²) in [5.74, 6) is 1.16. The van der Waals surface area contributed by atoms with Gasteiger partial charge in [0.05, 0.1) is 25.2 Å². The van der Waals surface area contributed by atoms with E-state index in [1.54, 1.807) is 0 Å². The van der Waals surface area contributed by atoms with Crippen LogP contribution in [-0.4, -0.2) is 52.0 Å². The lowest BCUT2D eigenvalue weighted by atomic mass is 10.1. The van der Waals surface area contributed by atoms with Crippen LogP contribution in [0.5, 0.6) is 0 Å². The van der Waals surface area contributed by atoms with Crippen molar-refractivity contribution in [2.24, 2.45) is 0 Å². The molecule has 2 amide bonds. The second kappa shape index (κ2) is 5.91. The molecule has 1 N–H and O–H groups in total. The molecule has 0 unspecified atom stereocenters. The van der Waals surface area contributed by atoms with Gasteiger partial charge in [-0.25, -0.2) is 4.79 Å². The van der Waals surface area contributed by atoms with E-state index in [0.717, 1.165) is 17.7 Å². The van der Waals surface area contributed by atoms with E-state index in [0.29, 0.717) is 17.6 Å². The van der Waals surface area contributed by atoms with Crippen molar-refractivity contribution in [3.63, 3.8) is 0 Å². The zero-order valence-corrected chi connectivity index (χ0v) is 13.4. The predicted octanol–water partition coefficient (Wildman–Crippen LogP) is 2.20. The Hall–Kier alpha value is -1.84. The van der Waals surface area contributed by atoms with Crippen molar-refractivity contribution >= 4 is 6.03 Å². The van der Waals surface area contributed by atoms with Gasteiger partial charge in [0, 0.05) is 5.92 Å². The zero-order valence-electron chi connectivity index (χ0n) is 13.4. The summed E-state index contributed by atoms with van der Waals surface area (Å²) in [5.41, 5.74) is -1.08. The number of nitrogens with zero attached hydrogens (tertiary/aromatic N) is 3. The van der Waals surface area contributed by atoms with E-state index in [-0.39, 0.29) is 13.1 Å². The van der Waals surface area contributed by atoms with Crippen LogP contribution in [0.15, 0.2) is 4.52 Å². The molecule has 2 heterocycles. The summed E-state index contributed by atoms with van der Waals surface area (Å²) in [6, 6.07) is -0.613. The van der Waals surface area contributed by atoms with E-state index < -0.39 is 30.5 Å². The topological polar surface area (TPSA) is 80.5 Å². The molecule has 1 aromatic heterocycles. The van der Waals surface area contributed by atoms with Gasteiger partial charge in [-0.15, -0.1) is 0 Å². The average Bonchev–Trinajstić information content (AvgIpc) is 3.21. The minimum Gasteiger partial charge on any atom is -0.359 e. The maximum Gasteiger partial charge on any atom is 0.416 e. The summed E-state index contributed by atoms with van der Waals surface area (Å²) in [7, 11) is 0. The number of aromatic nitrogens is 2. The van der Waals surface area contributed by atoms with Crippen molar-refractivity contribution in [2.75, 3.05) is 13.1 Å². The quantitative estimate of drug-likeness (QED) is 0.906. The Morgan fingerprint density at radius 2 is 2.12 bits per heavy atom. The van der Waals surface area contributed by atoms with Crippen molar-refractivity contribution in [1.82, 2.24) is 20.4 Å². The Labute approximate surface area is 136 Å². The van der Waals surface area contributed by atoms with Gasteiger partial charge in [-0.05, 0) is 26.7 Å². The van der Waals surface area contributed by atoms with Gasteiger partial charge in [0.2, 0.25) is 5.89 Å². The molecule has 7 nitrogen and oxygen atoms in total. The van der Waals surface area contributed by atoms with Crippen molar-refractivity contribution < 1.29 is 27.2 Å². The van der Waals surface area contributed by atoms with E-state index in [1.165, 1.54) is 13.8 Å². The van der Waals surface area contributed by atoms with Gasteiger partial charge in [-0.2, -0.15) is 18.2 Å². The van der Waals surface area contributed by atoms with Crippen LogP contribution in [0.2, 0.25) is 0 Å². The standard InChI is InChI=1S/C14H19F3N4O3/c1-13(2)7-21(6-9(23-13)14(15,16)17)12(22)18-5-10-19-11(24-20-10)8-3-4-8/h8-9H,3-7H2,1-2H3,(H,18,22)/t9-/m1/s1. The summed E-state index contributed by atoms with van der Waals surface area (Å²) in [4.78, 5) is 17.4. The van der Waals surface area contributed by atoms with E-state index in [4.69, 9.17) is 9.26 Å². The molecule has 0 bridgehead atoms. The number of morpholine rings is 1. The monoisotopic (exact) mass is 348 g/mol. The average molecular weight is 348 g/mol. The van der Waals surface area contributed by atoms with Gasteiger partial charge in [0.15, 0.2) is 11.9 Å². The first-order valence-electron chi connectivity index (χ1n) is 7.74. The molecule has 1 aliphatic carbocycles. The molecule has 1 saturated heterocycles. The molecule has 10 heteroatoms. The smallest absolute Gasteiger partial charge is 0.359 e. The van der Waals surface area contributed by atoms with Crippen LogP contribution < -0.4 is 5.32 Å². The second-order valence-corrected chi connectivity index (χ2v) is 6.77. The second-order valence-electron chi connectivity index (χ2n) is 6.77. The molecule has 0 aromatic carbocycles. The first-order chi connectivity index (χ1) is 11.1. The lowest BCUT2D eigenvalue weighted by molar-refractivity contribution is -0.267. The highest BCUT2D eigenvalue weighted by atomic mass is 19.4. The van der Waals surface area contributed by atoms with Crippen LogP contribution >= 0.6 is 0 Å². The molecule has 134 valence electrons. The molecule has 2 fully saturated rings. The third-order valence-corrected chi connectivity index (χ3v) is 3.88. The molecule has 1 aliphatic heterocycles. The Balaban J connectivity index is 1.58. The predicted molar refractivity (Wildman–Crippen MR) is 75.1 cm³/mol. The first-order valence-corrected chi connectivity index (χ1v) is 7.74. The van der Waals surface area contributed by atoms with E-state index in [1.807, 2.05) is 0 Å². The molecule has 1 aromatic rings. The first kappa shape index (κ1) is 17.0. The van der Waals surface area contributed by atoms with Crippen LogP contribution in [0.3, 0.4) is 0 Å². The van der Waals surface area contributed by atoms with Gasteiger partial charge in [-0.3, -0.25) is 0 Å². The van der Waals surface area contributed by atoms with Crippen LogP contribution in [0.25, 0.3) is 0 Å². The Kier molecular flexibility index (Phi) is 4.18. The molecule has 24 heavy (non-hydrogen) atoms. The molecule has 0 spiro atoms. The van der Waals surface area contributed by atoms with Crippen LogP contribution in [0.4, 0.5) is 18.0 Å². The lowest BCUT2D eigenvalue weighted by Crippen LogP contribution is -2.60. The third kappa shape index (κ3) is 3.97. The summed E-state index contributed by atoms with van der Waals surface area (Å²) < 4.78 is 48.9. The number of alkyl halides is 3. The van der Waals surface area contributed by atoms with Crippen LogP contribution in [0.1, 0.15) is 44.3 Å². The summed E-state index contributed by atoms with van der Waals surface area (Å²) >= 11 is 0. The fourth-order valence-corrected chi connectivity index (χ4v) is 2.61. The number of nitrogens with one attached hydrogen (secondary N) is 1. The molecule has 3 rings (SSSR count). The Morgan fingerprint density at radius 3 is 2.75 bits per heavy atom. The fraction of sp³-hybridized carbons (Fsp3) is 0.786. The molecular weight excluding hydrogens is 329 g/mol. The van der Waals surface area contributed by atoms with Crippen LogP contribution in [-0.2, 0) is 11.3 Å². The minimum atomic E-state index is -4.52. The lowest BCUT2D eigenvalue weighted by Gasteiger charge is -2.43. The van der Waals surface area contributed by atoms with Crippen molar-refractivity contribution in [1.29, 1.82) is 0 Å². The van der Waals surface area contributed by atoms with Crippen molar-refractivity contribution in [2.45, 2.75) is 57.0 Å². The SMILES string of the molecule is CC1(C)CN(C(=O)NCc2noc(C3CC3)n2)C[C@H](C(F)(F)F)O1. The van der Waals surface area contributed by atoms with Gasteiger partial charge in [0.1, 0.15) is 0 Å². The van der Waals surface area contributed by atoms with E-state index in [2.05, 4.69) is 15.5 Å². The molecule has 2 aliphatic rings. The maximum absolute atomic E-state index is 12.9. The highest BCUT2D eigenvalue weighted by molar-refractivity contribution is 5.74. The highest BCUT2D eigenvalue weighted by Gasteiger charge is 2.49. The number of urea groups is 1. The molecule has 1 atom stereocenters. The number of hydrogen-bond donors (Lipinski definition) is 1. The molecule has 0 radical (unpaired) electrons. The van der Waals surface area contributed by atoms with Gasteiger partial charge in [-0.1, -0.05) is 5.16 Å². The number of carbonyl (C=O) groups is 1. The van der Waals surface area contributed by atoms with Gasteiger partial charge >= 0.3 is 12.2 Å². The number of amides is 2. The normalized spacial score (nSPS) is 24.0. The van der Waals surface area contributed by atoms with Gasteiger partial charge in [0.25, 0.3) is 0 Å². The minimum absolute atomic E-state index is 0.00350. The Bertz CT molecular complexity index is 613. The maximum atomic E-state index is 12.9. The number of ether oxygens (including phenoxy) is 1. The van der Waals surface area contributed by atoms with E-state index in [9.17, 15) is 18.0 Å². The summed E-state index contributed by atoms with van der Waals surface area (Å²) in [6.45, 7) is 2.56. The zero-order chi connectivity index (χ0) is 17.5. The summed E-state index contributed by atoms with van der Waals surface area (Å²) in [6.07, 6.45) is -4.51. The van der Waals surface area contributed by atoms with Crippen molar-refractivity contribution in [3.05, 3.63) is 11.7 Å². The Morgan fingerprint density at radius 1 is 1.42 bits per heavy atom. The fourth-order valence-electron chi connectivity index (χ4n) is 2.61. The molecule has 1 saturated carbocycles. The van der Waals surface area contributed by atoms with Crippen LogP contribution in [0, 0.1) is 0 Å². The molecular formula is C14H19F3N4O3. The number of carbonyl (C=O) groups excluding carboxylic acids is 1. The third-order valence-electron chi connectivity index (χ3n) is 3.88. The number of halogens is 3. The summed E-state index contributed by atoms with van der Waals surface area (Å²) in [5, 5.41) is 6.28. The van der Waals surface area contributed by atoms with Gasteiger partial charge < -0.3 is 19.5 Å². The van der Waals surface area contributed by atoms with E-state index >= 15 is 0 Å². The number of rotatable bonds is 3. The highest BCUT2D eigenvalue weighted by Crippen LogP contribution is 2.38. The number of hydrogen-bond acceptors (Lipinski definition) is 5.